The number of imide groups is 1. The van der Waals surface area contributed by atoms with Crippen LogP contribution >= 0.6 is 0 Å². The smallest absolute Gasteiger partial charge is 0.261 e. The summed E-state index contributed by atoms with van der Waals surface area (Å²) in [6.45, 7) is 7.37. The molecule has 2 aliphatic heterocycles. The van der Waals surface area contributed by atoms with Gasteiger partial charge in [-0.2, -0.15) is 0 Å². The highest BCUT2D eigenvalue weighted by molar-refractivity contribution is 6.21. The normalized spacial score (nSPS) is 20.5. The first-order chi connectivity index (χ1) is 18.4. The molecule has 6 rings (SSSR count). The maximum absolute atomic E-state index is 13.2. The summed E-state index contributed by atoms with van der Waals surface area (Å²) in [5, 5.41) is 1.26. The fourth-order valence-electron chi connectivity index (χ4n) is 6.58. The van der Waals surface area contributed by atoms with Crippen molar-refractivity contribution in [3.05, 3.63) is 77.0 Å². The Morgan fingerprint density at radius 2 is 1.63 bits per heavy atom. The summed E-state index contributed by atoms with van der Waals surface area (Å²) in [5.74, 6) is -0.324. The van der Waals surface area contributed by atoms with Crippen molar-refractivity contribution in [1.82, 2.24) is 19.3 Å². The van der Waals surface area contributed by atoms with Crippen molar-refractivity contribution in [3.8, 4) is 0 Å². The molecule has 3 aliphatic rings. The minimum absolute atomic E-state index is 0.135. The summed E-state index contributed by atoms with van der Waals surface area (Å²) in [6, 6.07) is 13.7. The first-order valence-corrected chi connectivity index (χ1v) is 13.7. The van der Waals surface area contributed by atoms with Crippen LogP contribution in [0.3, 0.4) is 0 Å². The minimum Gasteiger partial charge on any atom is -0.347 e. The molecule has 0 saturated heterocycles. The molecule has 3 heterocycles. The van der Waals surface area contributed by atoms with Gasteiger partial charge in [-0.05, 0) is 68.6 Å². The maximum atomic E-state index is 13.2. The van der Waals surface area contributed by atoms with E-state index in [1.165, 1.54) is 32.5 Å². The lowest BCUT2D eigenvalue weighted by molar-refractivity contribution is -0.134. The molecule has 2 atom stereocenters. The van der Waals surface area contributed by atoms with E-state index >= 15 is 0 Å². The number of amides is 3. The molecule has 2 aromatic carbocycles. The van der Waals surface area contributed by atoms with Crippen LogP contribution < -0.4 is 0 Å². The van der Waals surface area contributed by atoms with Crippen molar-refractivity contribution in [2.24, 2.45) is 5.92 Å². The van der Waals surface area contributed by atoms with E-state index in [2.05, 4.69) is 47.0 Å². The van der Waals surface area contributed by atoms with Gasteiger partial charge in [-0.25, -0.2) is 0 Å². The molecular weight excluding hydrogens is 476 g/mol. The number of fused-ring (bicyclic) bond motifs is 3. The zero-order valence-electron chi connectivity index (χ0n) is 22.3. The average Bonchev–Trinajstić information content (AvgIpc) is 3.41. The molecule has 3 aromatic rings. The van der Waals surface area contributed by atoms with Gasteiger partial charge in [-0.3, -0.25) is 24.2 Å². The molecule has 7 heteroatoms. The van der Waals surface area contributed by atoms with Crippen LogP contribution in [-0.2, 0) is 17.8 Å². The summed E-state index contributed by atoms with van der Waals surface area (Å²) in [6.07, 6.45) is 6.07. The number of hydrogen-bond donors (Lipinski definition) is 0. The Bertz CT molecular complexity index is 1450. The van der Waals surface area contributed by atoms with Crippen LogP contribution in [0.4, 0.5) is 0 Å². The Kier molecular flexibility index (Phi) is 6.19. The van der Waals surface area contributed by atoms with Gasteiger partial charge >= 0.3 is 0 Å². The monoisotopic (exact) mass is 510 g/mol. The average molecular weight is 511 g/mol. The molecule has 1 aliphatic carbocycles. The number of carbonyl (C=O) groups is 3. The van der Waals surface area contributed by atoms with Crippen LogP contribution in [0.2, 0.25) is 0 Å². The second-order valence-corrected chi connectivity index (χ2v) is 10.6. The van der Waals surface area contributed by atoms with E-state index in [4.69, 9.17) is 0 Å². The fourth-order valence-corrected chi connectivity index (χ4v) is 6.58. The molecular formula is C31H34N4O3. The van der Waals surface area contributed by atoms with Gasteiger partial charge in [0.2, 0.25) is 5.91 Å². The number of rotatable bonds is 7. The van der Waals surface area contributed by atoms with E-state index in [0.717, 1.165) is 32.6 Å². The lowest BCUT2D eigenvalue weighted by Gasteiger charge is -2.40. The number of benzene rings is 2. The van der Waals surface area contributed by atoms with Crippen molar-refractivity contribution in [1.29, 1.82) is 0 Å². The van der Waals surface area contributed by atoms with E-state index in [-0.39, 0.29) is 29.7 Å². The van der Waals surface area contributed by atoms with Gasteiger partial charge in [0.15, 0.2) is 0 Å². The highest BCUT2D eigenvalue weighted by Gasteiger charge is 2.37. The lowest BCUT2D eigenvalue weighted by Crippen LogP contribution is -2.47. The number of carbonyl (C=O) groups excluding carboxylic acids is 3. The largest absolute Gasteiger partial charge is 0.347 e. The molecule has 3 amide bonds. The molecule has 196 valence electrons. The van der Waals surface area contributed by atoms with Gasteiger partial charge in [-0.15, -0.1) is 0 Å². The number of hydrogen-bond acceptors (Lipinski definition) is 4. The van der Waals surface area contributed by atoms with Crippen molar-refractivity contribution in [2.75, 3.05) is 33.2 Å². The van der Waals surface area contributed by atoms with Crippen LogP contribution in [0.25, 0.3) is 16.5 Å². The highest BCUT2D eigenvalue weighted by Crippen LogP contribution is 2.42. The van der Waals surface area contributed by atoms with Gasteiger partial charge in [-0.1, -0.05) is 30.3 Å². The highest BCUT2D eigenvalue weighted by atomic mass is 16.2. The lowest BCUT2D eigenvalue weighted by atomic mass is 9.79. The number of aromatic nitrogens is 1. The summed E-state index contributed by atoms with van der Waals surface area (Å²) in [5.41, 5.74) is 5.96. The van der Waals surface area contributed by atoms with Gasteiger partial charge < -0.3 is 9.47 Å². The van der Waals surface area contributed by atoms with E-state index in [1.54, 1.807) is 24.3 Å². The molecule has 0 saturated carbocycles. The molecule has 0 radical (unpaired) electrons. The summed E-state index contributed by atoms with van der Waals surface area (Å²) < 4.78 is 2.27. The summed E-state index contributed by atoms with van der Waals surface area (Å²) >= 11 is 0. The third-order valence-corrected chi connectivity index (χ3v) is 8.52. The van der Waals surface area contributed by atoms with Crippen LogP contribution in [-0.4, -0.2) is 76.3 Å². The van der Waals surface area contributed by atoms with Crippen molar-refractivity contribution < 1.29 is 14.4 Å². The number of nitrogens with zero attached hydrogens (tertiary/aromatic N) is 4. The van der Waals surface area contributed by atoms with Gasteiger partial charge in [0.1, 0.15) is 0 Å². The van der Waals surface area contributed by atoms with Crippen molar-refractivity contribution in [2.45, 2.75) is 39.3 Å². The molecule has 0 unspecified atom stereocenters. The predicted molar refractivity (Wildman–Crippen MR) is 148 cm³/mol. The zero-order valence-corrected chi connectivity index (χ0v) is 22.3. The van der Waals surface area contributed by atoms with E-state index in [0.29, 0.717) is 24.1 Å². The van der Waals surface area contributed by atoms with Crippen LogP contribution in [0.5, 0.6) is 0 Å². The third-order valence-electron chi connectivity index (χ3n) is 8.52. The second kappa shape index (κ2) is 9.55. The Morgan fingerprint density at radius 3 is 2.32 bits per heavy atom. The van der Waals surface area contributed by atoms with E-state index in [1.807, 2.05) is 18.7 Å². The molecule has 7 nitrogen and oxygen atoms in total. The zero-order chi connectivity index (χ0) is 26.6. The SMILES string of the molecule is CCN(CC)C(=O)[C@@H]1C=C2c3cccc4c3c(cn4CCCN3C(=O)c4ccccc4C3=O)C[C@H]2N(C)C1. The van der Waals surface area contributed by atoms with Gasteiger partial charge in [0.25, 0.3) is 11.8 Å². The first kappa shape index (κ1) is 24.6. The molecule has 0 bridgehead atoms. The second-order valence-electron chi connectivity index (χ2n) is 10.6. The van der Waals surface area contributed by atoms with E-state index in [9.17, 15) is 14.4 Å². The number of aryl methyl sites for hydroxylation is 1. The minimum atomic E-state index is -0.197. The van der Waals surface area contributed by atoms with Crippen molar-refractivity contribution in [3.63, 3.8) is 0 Å². The van der Waals surface area contributed by atoms with E-state index < -0.39 is 0 Å². The molecule has 0 N–H and O–H groups in total. The quantitative estimate of drug-likeness (QED) is 0.450. The van der Waals surface area contributed by atoms with Gasteiger partial charge in [0.05, 0.1) is 17.0 Å². The Balaban J connectivity index is 1.25. The van der Waals surface area contributed by atoms with Crippen LogP contribution in [0.15, 0.2) is 54.7 Å². The van der Waals surface area contributed by atoms with Crippen LogP contribution in [0.1, 0.15) is 52.1 Å². The topological polar surface area (TPSA) is 65.9 Å². The third kappa shape index (κ3) is 3.79. The molecule has 1 aromatic heterocycles. The summed E-state index contributed by atoms with van der Waals surface area (Å²) in [4.78, 5) is 44.4. The first-order valence-electron chi connectivity index (χ1n) is 13.7. The fraction of sp³-hybridized carbons (Fsp3) is 0.387. The molecule has 38 heavy (non-hydrogen) atoms. The standard InChI is InChI=1S/C31H34N4O3/c1-4-33(5-2)29(36)21-16-25-22-12-8-13-26-28(22)20(17-27(25)32(3)18-21)19-34(26)14-9-15-35-30(37)23-10-6-7-11-24(23)31(35)38/h6-8,10-13,16,19,21,27H,4-5,9,14-15,17-18H2,1-3H3/t21-,27-/m1/s1. The Morgan fingerprint density at radius 1 is 0.947 bits per heavy atom. The number of likely N-dealkylation sites (N-methyl/N-ethyl adjacent to an activating group) is 1. The Labute approximate surface area is 223 Å². The predicted octanol–water partition coefficient (Wildman–Crippen LogP) is 4.07. The van der Waals surface area contributed by atoms with Crippen molar-refractivity contribution >= 4 is 34.2 Å². The Hall–Kier alpha value is -3.71. The maximum Gasteiger partial charge on any atom is 0.261 e. The molecule has 0 fully saturated rings. The van der Waals surface area contributed by atoms with Crippen LogP contribution in [0, 0.1) is 5.92 Å². The summed E-state index contributed by atoms with van der Waals surface area (Å²) in [7, 11) is 2.13. The van der Waals surface area contributed by atoms with Gasteiger partial charge in [0, 0.05) is 55.9 Å². The molecule has 0 spiro atoms.